The lowest BCUT2D eigenvalue weighted by Crippen LogP contribution is -2.32. The van der Waals surface area contributed by atoms with Crippen molar-refractivity contribution in [1.29, 1.82) is 0 Å². The van der Waals surface area contributed by atoms with Gasteiger partial charge in [-0.3, -0.25) is 9.59 Å². The molecule has 0 radical (unpaired) electrons. The molecule has 7 heteroatoms. The lowest BCUT2D eigenvalue weighted by Gasteiger charge is -2.25. The Morgan fingerprint density at radius 1 is 1.20 bits per heavy atom. The number of benzene rings is 2. The minimum absolute atomic E-state index is 0.00455. The topological polar surface area (TPSA) is 85.3 Å². The van der Waals surface area contributed by atoms with E-state index < -0.39 is 11.9 Å². The van der Waals surface area contributed by atoms with Crippen molar-refractivity contribution < 1.29 is 28.9 Å². The second kappa shape index (κ2) is 8.59. The van der Waals surface area contributed by atoms with E-state index in [0.717, 1.165) is 5.56 Å². The van der Waals surface area contributed by atoms with Crippen LogP contribution in [0.2, 0.25) is 0 Å². The Kier molecular flexibility index (Phi) is 5.72. The summed E-state index contributed by atoms with van der Waals surface area (Å²) in [5, 5.41) is 10.7. The average molecular weight is 409 g/mol. The van der Waals surface area contributed by atoms with E-state index in [2.05, 4.69) is 0 Å². The normalized spacial score (nSPS) is 18.1. The predicted molar refractivity (Wildman–Crippen MR) is 108 cm³/mol. The molecule has 0 spiro atoms. The maximum atomic E-state index is 12.9. The number of Topliss-reactive ketones (excluding diaryl/α,β-unsaturated/α-hetero) is 1. The Labute approximate surface area is 174 Å². The lowest BCUT2D eigenvalue weighted by molar-refractivity contribution is -0.140. The van der Waals surface area contributed by atoms with Crippen molar-refractivity contribution in [2.75, 3.05) is 33.4 Å². The molecule has 1 fully saturated rings. The molecule has 0 aliphatic carbocycles. The number of aromatic hydroxyl groups is 1. The summed E-state index contributed by atoms with van der Waals surface area (Å²) >= 11 is 0. The van der Waals surface area contributed by atoms with Gasteiger partial charge in [-0.2, -0.15) is 0 Å². The summed E-state index contributed by atoms with van der Waals surface area (Å²) in [7, 11) is 1.32. The SMILES string of the molecule is COC(=O)C[C@H](c1ccccc1)c1c(O)ccc2c1O/C(=C\N1CCOCC1)C2=O. The number of esters is 1. The number of carbonyl (C=O) groups is 2. The second-order valence-electron chi connectivity index (χ2n) is 7.19. The van der Waals surface area contributed by atoms with Gasteiger partial charge in [0.25, 0.3) is 0 Å². The van der Waals surface area contributed by atoms with E-state index >= 15 is 0 Å². The lowest BCUT2D eigenvalue weighted by atomic mass is 9.86. The molecule has 156 valence electrons. The zero-order valence-corrected chi connectivity index (χ0v) is 16.7. The van der Waals surface area contributed by atoms with E-state index in [4.69, 9.17) is 14.2 Å². The first-order valence-corrected chi connectivity index (χ1v) is 9.82. The summed E-state index contributed by atoms with van der Waals surface area (Å²) in [6.07, 6.45) is 1.70. The zero-order chi connectivity index (χ0) is 21.1. The molecule has 2 aliphatic rings. The predicted octanol–water partition coefficient (Wildman–Crippen LogP) is 2.84. The summed E-state index contributed by atoms with van der Waals surface area (Å²) in [6, 6.07) is 12.3. The zero-order valence-electron chi connectivity index (χ0n) is 16.7. The summed E-state index contributed by atoms with van der Waals surface area (Å²) in [5.41, 5.74) is 1.59. The summed E-state index contributed by atoms with van der Waals surface area (Å²) in [4.78, 5) is 27.1. The molecule has 7 nitrogen and oxygen atoms in total. The number of carbonyl (C=O) groups excluding carboxylic acids is 2. The third-order valence-corrected chi connectivity index (χ3v) is 5.35. The first-order valence-electron chi connectivity index (χ1n) is 9.82. The Balaban J connectivity index is 1.76. The number of ether oxygens (including phenoxy) is 3. The molecule has 1 saturated heterocycles. The van der Waals surface area contributed by atoms with Crippen LogP contribution in [0.1, 0.15) is 33.8 Å². The van der Waals surface area contributed by atoms with Gasteiger partial charge in [-0.05, 0) is 17.7 Å². The van der Waals surface area contributed by atoms with Crippen molar-refractivity contribution in [2.45, 2.75) is 12.3 Å². The quantitative estimate of drug-likeness (QED) is 0.600. The third-order valence-electron chi connectivity index (χ3n) is 5.35. The van der Waals surface area contributed by atoms with Crippen LogP contribution in [0.3, 0.4) is 0 Å². The first kappa shape index (κ1) is 20.0. The average Bonchev–Trinajstić information content (AvgIpc) is 3.08. The van der Waals surface area contributed by atoms with E-state index in [-0.39, 0.29) is 29.5 Å². The third kappa shape index (κ3) is 3.89. The molecule has 0 saturated carbocycles. The molecular formula is C23H23NO6. The molecule has 4 rings (SSSR count). The van der Waals surface area contributed by atoms with Crippen LogP contribution in [0.5, 0.6) is 11.5 Å². The van der Waals surface area contributed by atoms with Gasteiger partial charge in [0.15, 0.2) is 5.76 Å². The van der Waals surface area contributed by atoms with Crippen LogP contribution in [0.4, 0.5) is 0 Å². The monoisotopic (exact) mass is 409 g/mol. The number of allylic oxidation sites excluding steroid dienone is 1. The van der Waals surface area contributed by atoms with Gasteiger partial charge in [-0.15, -0.1) is 0 Å². The minimum Gasteiger partial charge on any atom is -0.508 e. The van der Waals surface area contributed by atoms with Crippen molar-refractivity contribution in [3.05, 3.63) is 71.1 Å². The first-order chi connectivity index (χ1) is 14.6. The number of methoxy groups -OCH3 is 1. The van der Waals surface area contributed by atoms with Crippen LogP contribution in [0, 0.1) is 0 Å². The van der Waals surface area contributed by atoms with Gasteiger partial charge >= 0.3 is 5.97 Å². The number of fused-ring (bicyclic) bond motifs is 1. The highest BCUT2D eigenvalue weighted by atomic mass is 16.5. The van der Waals surface area contributed by atoms with Crippen LogP contribution in [0.25, 0.3) is 0 Å². The highest BCUT2D eigenvalue weighted by Crippen LogP contribution is 2.46. The number of hydrogen-bond donors (Lipinski definition) is 1. The standard InChI is InChI=1S/C23H23NO6/c1-28-20(26)13-17(15-5-3-2-4-6-15)21-18(25)8-7-16-22(27)19(30-23(16)21)14-24-9-11-29-12-10-24/h2-8,14,17,25H,9-13H2,1H3/b19-14-/t17-/m1/s1. The van der Waals surface area contributed by atoms with Crippen LogP contribution in [-0.4, -0.2) is 55.2 Å². The van der Waals surface area contributed by atoms with E-state index in [9.17, 15) is 14.7 Å². The summed E-state index contributed by atoms with van der Waals surface area (Å²) in [6.45, 7) is 2.52. The van der Waals surface area contributed by atoms with Crippen LogP contribution in [-0.2, 0) is 14.3 Å². The molecule has 2 aliphatic heterocycles. The number of ketones is 1. The van der Waals surface area contributed by atoms with Crippen molar-refractivity contribution >= 4 is 11.8 Å². The molecule has 0 amide bonds. The van der Waals surface area contributed by atoms with Gasteiger partial charge in [-0.1, -0.05) is 30.3 Å². The molecule has 0 unspecified atom stereocenters. The second-order valence-corrected chi connectivity index (χ2v) is 7.19. The molecule has 0 bridgehead atoms. The largest absolute Gasteiger partial charge is 0.508 e. The number of nitrogens with zero attached hydrogens (tertiary/aromatic N) is 1. The van der Waals surface area contributed by atoms with E-state index in [1.54, 1.807) is 12.3 Å². The van der Waals surface area contributed by atoms with Gasteiger partial charge in [0, 0.05) is 30.8 Å². The van der Waals surface area contributed by atoms with Gasteiger partial charge < -0.3 is 24.2 Å². The fourth-order valence-electron chi connectivity index (χ4n) is 3.78. The number of phenolic OH excluding ortho intramolecular Hbond substituents is 1. The summed E-state index contributed by atoms with van der Waals surface area (Å²) < 4.78 is 16.2. The molecule has 30 heavy (non-hydrogen) atoms. The maximum Gasteiger partial charge on any atom is 0.306 e. The molecule has 2 aromatic carbocycles. The van der Waals surface area contributed by atoms with Gasteiger partial charge in [-0.25, -0.2) is 0 Å². The highest BCUT2D eigenvalue weighted by Gasteiger charge is 2.35. The highest BCUT2D eigenvalue weighted by molar-refractivity contribution is 6.12. The number of rotatable bonds is 5. The van der Waals surface area contributed by atoms with Crippen LogP contribution < -0.4 is 4.74 Å². The molecular weight excluding hydrogens is 386 g/mol. The van der Waals surface area contributed by atoms with E-state index in [0.29, 0.717) is 37.4 Å². The molecule has 2 heterocycles. The van der Waals surface area contributed by atoms with E-state index in [1.807, 2.05) is 35.2 Å². The van der Waals surface area contributed by atoms with Gasteiger partial charge in [0.05, 0.1) is 32.3 Å². The minimum atomic E-state index is -0.524. The fourth-order valence-corrected chi connectivity index (χ4v) is 3.78. The molecule has 1 N–H and O–H groups in total. The molecule has 1 atom stereocenters. The van der Waals surface area contributed by atoms with Crippen molar-refractivity contribution in [1.82, 2.24) is 4.90 Å². The Morgan fingerprint density at radius 2 is 1.93 bits per heavy atom. The van der Waals surface area contributed by atoms with Gasteiger partial charge in [0.1, 0.15) is 11.5 Å². The van der Waals surface area contributed by atoms with Crippen molar-refractivity contribution in [3.63, 3.8) is 0 Å². The van der Waals surface area contributed by atoms with Gasteiger partial charge in [0.2, 0.25) is 5.78 Å². The molecule has 0 aromatic heterocycles. The number of hydrogen-bond acceptors (Lipinski definition) is 7. The number of morpholine rings is 1. The van der Waals surface area contributed by atoms with Crippen LogP contribution >= 0.6 is 0 Å². The maximum absolute atomic E-state index is 12.9. The fraction of sp³-hybridized carbons (Fsp3) is 0.304. The summed E-state index contributed by atoms with van der Waals surface area (Å²) in [5.74, 6) is -0.742. The van der Waals surface area contributed by atoms with Crippen molar-refractivity contribution in [3.8, 4) is 11.5 Å². The van der Waals surface area contributed by atoms with Crippen molar-refractivity contribution in [2.24, 2.45) is 0 Å². The smallest absolute Gasteiger partial charge is 0.306 e. The Bertz CT molecular complexity index is 979. The van der Waals surface area contributed by atoms with E-state index in [1.165, 1.54) is 13.2 Å². The van der Waals surface area contributed by atoms with Crippen LogP contribution in [0.15, 0.2) is 54.4 Å². The molecule has 2 aromatic rings. The Morgan fingerprint density at radius 3 is 2.63 bits per heavy atom. The number of phenols is 1. The Hall–Kier alpha value is -3.32.